The van der Waals surface area contributed by atoms with E-state index in [1.165, 1.54) is 12.1 Å². The number of halogens is 1. The molecule has 0 aliphatic heterocycles. The van der Waals surface area contributed by atoms with Gasteiger partial charge in [-0.2, -0.15) is 0 Å². The van der Waals surface area contributed by atoms with E-state index in [4.69, 9.17) is 4.74 Å². The van der Waals surface area contributed by atoms with Crippen LogP contribution < -0.4 is 5.32 Å². The Kier molecular flexibility index (Phi) is 3.79. The van der Waals surface area contributed by atoms with Crippen molar-refractivity contribution in [3.63, 3.8) is 0 Å². The fourth-order valence-corrected chi connectivity index (χ4v) is 2.74. The van der Waals surface area contributed by atoms with E-state index < -0.39 is 0 Å². The van der Waals surface area contributed by atoms with Crippen molar-refractivity contribution in [3.05, 3.63) is 35.6 Å². The van der Waals surface area contributed by atoms with Crippen molar-refractivity contribution in [2.45, 2.75) is 37.3 Å². The molecule has 1 aromatic rings. The first-order chi connectivity index (χ1) is 8.20. The molecule has 1 aromatic carbocycles. The molecule has 0 radical (unpaired) electrons. The zero-order chi connectivity index (χ0) is 12.3. The smallest absolute Gasteiger partial charge is 0.123 e. The fraction of sp³-hybridized carbons (Fsp3) is 0.571. The van der Waals surface area contributed by atoms with Crippen LogP contribution in [0.15, 0.2) is 24.3 Å². The van der Waals surface area contributed by atoms with Crippen molar-refractivity contribution in [3.8, 4) is 0 Å². The molecule has 0 aromatic heterocycles. The largest absolute Gasteiger partial charge is 0.374 e. The van der Waals surface area contributed by atoms with Crippen molar-refractivity contribution < 1.29 is 9.13 Å². The van der Waals surface area contributed by atoms with Crippen molar-refractivity contribution in [2.75, 3.05) is 14.2 Å². The fourth-order valence-electron chi connectivity index (χ4n) is 2.74. The van der Waals surface area contributed by atoms with E-state index in [1.807, 2.05) is 19.2 Å². The van der Waals surface area contributed by atoms with Crippen LogP contribution >= 0.6 is 0 Å². The Labute approximate surface area is 102 Å². The van der Waals surface area contributed by atoms with Crippen molar-refractivity contribution in [2.24, 2.45) is 0 Å². The summed E-state index contributed by atoms with van der Waals surface area (Å²) in [5, 5.41) is 3.31. The summed E-state index contributed by atoms with van der Waals surface area (Å²) in [4.78, 5) is 0. The summed E-state index contributed by atoms with van der Waals surface area (Å²) in [6.07, 6.45) is 4.17. The van der Waals surface area contributed by atoms with Crippen LogP contribution in [0, 0.1) is 5.82 Å². The summed E-state index contributed by atoms with van der Waals surface area (Å²) in [7, 11) is 3.76. The topological polar surface area (TPSA) is 21.3 Å². The highest BCUT2D eigenvalue weighted by molar-refractivity contribution is 5.24. The molecule has 1 N–H and O–H groups in total. The van der Waals surface area contributed by atoms with E-state index in [9.17, 15) is 4.39 Å². The molecule has 3 heteroatoms. The lowest BCUT2D eigenvalue weighted by Gasteiger charge is -2.39. The first-order valence-corrected chi connectivity index (χ1v) is 6.19. The van der Waals surface area contributed by atoms with Crippen molar-refractivity contribution in [1.29, 1.82) is 0 Å². The highest BCUT2D eigenvalue weighted by atomic mass is 19.1. The second-order valence-electron chi connectivity index (χ2n) is 4.77. The maximum atomic E-state index is 12.9. The molecule has 17 heavy (non-hydrogen) atoms. The maximum absolute atomic E-state index is 12.9. The molecule has 2 nitrogen and oxygen atoms in total. The molecule has 94 valence electrons. The molecule has 0 atom stereocenters. The number of hydrogen-bond donors (Lipinski definition) is 1. The lowest BCUT2D eigenvalue weighted by atomic mass is 9.77. The molecule has 0 spiro atoms. The summed E-state index contributed by atoms with van der Waals surface area (Å²) in [6.45, 7) is 0. The van der Waals surface area contributed by atoms with Gasteiger partial charge in [-0.15, -0.1) is 0 Å². The zero-order valence-corrected chi connectivity index (χ0v) is 10.5. The monoisotopic (exact) mass is 237 g/mol. The number of methoxy groups -OCH3 is 1. The van der Waals surface area contributed by atoms with Gasteiger partial charge in [-0.1, -0.05) is 12.1 Å². The summed E-state index contributed by atoms with van der Waals surface area (Å²) in [5.74, 6) is -0.191. The third-order valence-corrected chi connectivity index (χ3v) is 3.96. The van der Waals surface area contributed by atoms with Crippen LogP contribution in [0.4, 0.5) is 4.39 Å². The van der Waals surface area contributed by atoms with Crippen molar-refractivity contribution in [1.82, 2.24) is 5.32 Å². The SMILES string of the molecule is CN[C@H]1CC[C@@](OC)(c2ccc(F)cc2)CC1. The number of nitrogens with one attached hydrogen (secondary N) is 1. The van der Waals surface area contributed by atoms with Crippen molar-refractivity contribution >= 4 is 0 Å². The van der Waals surface area contributed by atoms with Gasteiger partial charge in [0.1, 0.15) is 5.82 Å². The van der Waals surface area contributed by atoms with E-state index in [1.54, 1.807) is 7.11 Å². The summed E-state index contributed by atoms with van der Waals surface area (Å²) in [6, 6.07) is 7.30. The van der Waals surface area contributed by atoms with Gasteiger partial charge in [0.2, 0.25) is 0 Å². The van der Waals surface area contributed by atoms with Crippen LogP contribution in [0.5, 0.6) is 0 Å². The average molecular weight is 237 g/mol. The predicted molar refractivity (Wildman–Crippen MR) is 66.4 cm³/mol. The lowest BCUT2D eigenvalue weighted by molar-refractivity contribution is -0.0496. The highest BCUT2D eigenvalue weighted by Gasteiger charge is 2.36. The standard InChI is InChI=1S/C14H20FNO/c1-16-13-7-9-14(17-2,10-8-13)11-3-5-12(15)6-4-11/h3-6,13,16H,7-10H2,1-2H3/t13-,14-. The Bertz CT molecular complexity index is 355. The maximum Gasteiger partial charge on any atom is 0.123 e. The van der Waals surface area contributed by atoms with Gasteiger partial charge in [-0.05, 0) is 50.4 Å². The Morgan fingerprint density at radius 2 is 1.82 bits per heavy atom. The van der Waals surface area contributed by atoms with Gasteiger partial charge in [0, 0.05) is 13.2 Å². The highest BCUT2D eigenvalue weighted by Crippen LogP contribution is 2.39. The van der Waals surface area contributed by atoms with E-state index in [2.05, 4.69) is 5.32 Å². The third-order valence-electron chi connectivity index (χ3n) is 3.96. The Hall–Kier alpha value is -0.930. The molecule has 1 aliphatic rings. The van der Waals surface area contributed by atoms with Crippen LogP contribution in [-0.2, 0) is 10.3 Å². The van der Waals surface area contributed by atoms with Crippen LogP contribution in [0.3, 0.4) is 0 Å². The van der Waals surface area contributed by atoms with Gasteiger partial charge < -0.3 is 10.1 Å². The minimum absolute atomic E-state index is 0.191. The molecule has 0 unspecified atom stereocenters. The van der Waals surface area contributed by atoms with Gasteiger partial charge in [0.15, 0.2) is 0 Å². The quantitative estimate of drug-likeness (QED) is 0.872. The molecule has 0 saturated heterocycles. The Morgan fingerprint density at radius 1 is 1.24 bits per heavy atom. The molecular formula is C14H20FNO. The van der Waals surface area contributed by atoms with Gasteiger partial charge in [-0.25, -0.2) is 4.39 Å². The molecular weight excluding hydrogens is 217 g/mol. The normalized spacial score (nSPS) is 29.2. The first-order valence-electron chi connectivity index (χ1n) is 6.19. The van der Waals surface area contributed by atoms with E-state index in [0.717, 1.165) is 31.2 Å². The van der Waals surface area contributed by atoms with Gasteiger partial charge >= 0.3 is 0 Å². The second-order valence-corrected chi connectivity index (χ2v) is 4.77. The average Bonchev–Trinajstić information content (AvgIpc) is 2.40. The summed E-state index contributed by atoms with van der Waals surface area (Å²) < 4.78 is 18.7. The summed E-state index contributed by atoms with van der Waals surface area (Å²) in [5.41, 5.74) is 0.872. The predicted octanol–water partition coefficient (Wildman–Crippen LogP) is 2.83. The first kappa shape index (κ1) is 12.5. The number of ether oxygens (including phenoxy) is 1. The lowest BCUT2D eigenvalue weighted by Crippen LogP contribution is -2.39. The third kappa shape index (κ3) is 2.50. The van der Waals surface area contributed by atoms with Crippen LogP contribution in [-0.4, -0.2) is 20.2 Å². The molecule has 0 heterocycles. The van der Waals surface area contributed by atoms with E-state index in [0.29, 0.717) is 6.04 Å². The van der Waals surface area contributed by atoms with E-state index in [-0.39, 0.29) is 11.4 Å². The summed E-state index contributed by atoms with van der Waals surface area (Å²) >= 11 is 0. The van der Waals surface area contributed by atoms with Crippen LogP contribution in [0.2, 0.25) is 0 Å². The van der Waals surface area contributed by atoms with Gasteiger partial charge in [0.25, 0.3) is 0 Å². The molecule has 2 rings (SSSR count). The van der Waals surface area contributed by atoms with Crippen LogP contribution in [0.25, 0.3) is 0 Å². The molecule has 1 aliphatic carbocycles. The zero-order valence-electron chi connectivity index (χ0n) is 10.5. The van der Waals surface area contributed by atoms with Gasteiger partial charge in [-0.3, -0.25) is 0 Å². The minimum atomic E-state index is -0.221. The molecule has 1 fully saturated rings. The molecule has 0 amide bonds. The second kappa shape index (κ2) is 5.15. The molecule has 0 bridgehead atoms. The molecule has 1 saturated carbocycles. The number of benzene rings is 1. The van der Waals surface area contributed by atoms with Crippen LogP contribution in [0.1, 0.15) is 31.2 Å². The van der Waals surface area contributed by atoms with Gasteiger partial charge in [0.05, 0.1) is 5.60 Å². The number of hydrogen-bond acceptors (Lipinski definition) is 2. The Morgan fingerprint density at radius 3 is 2.29 bits per heavy atom. The number of rotatable bonds is 3. The minimum Gasteiger partial charge on any atom is -0.374 e. The Balaban J connectivity index is 2.18. The van der Waals surface area contributed by atoms with E-state index >= 15 is 0 Å².